The summed E-state index contributed by atoms with van der Waals surface area (Å²) in [6, 6.07) is 14.3. The summed E-state index contributed by atoms with van der Waals surface area (Å²) >= 11 is 1.68. The van der Waals surface area contributed by atoms with Gasteiger partial charge in [0.25, 0.3) is 5.91 Å². The Bertz CT molecular complexity index is 2320. The number of fused-ring (bicyclic) bond motifs is 7. The molecule has 0 radical (unpaired) electrons. The summed E-state index contributed by atoms with van der Waals surface area (Å²) in [5, 5.41) is 11.3. The summed E-state index contributed by atoms with van der Waals surface area (Å²) < 4.78 is 35.5. The van der Waals surface area contributed by atoms with Gasteiger partial charge in [-0.25, -0.2) is 14.6 Å². The molecule has 2 aromatic carbocycles. The number of aryl methyl sites for hydroxylation is 1. The Kier molecular flexibility index (Phi) is 16.1. The van der Waals surface area contributed by atoms with Gasteiger partial charge in [-0.3, -0.25) is 19.6 Å². The molecule has 1 aromatic heterocycles. The molecule has 15 nitrogen and oxygen atoms in total. The summed E-state index contributed by atoms with van der Waals surface area (Å²) in [5.74, 6) is -1.95. The van der Waals surface area contributed by atoms with Crippen molar-refractivity contribution in [2.24, 2.45) is 17.6 Å². The highest BCUT2D eigenvalue weighted by atomic mass is 32.2. The van der Waals surface area contributed by atoms with Gasteiger partial charge in [-0.15, -0.1) is 11.3 Å². The van der Waals surface area contributed by atoms with E-state index in [0.717, 1.165) is 63.9 Å². The van der Waals surface area contributed by atoms with Crippen LogP contribution in [0.1, 0.15) is 98.6 Å². The van der Waals surface area contributed by atoms with Crippen molar-refractivity contribution in [1.82, 2.24) is 24.2 Å². The van der Waals surface area contributed by atoms with Gasteiger partial charge in [0.2, 0.25) is 11.8 Å². The van der Waals surface area contributed by atoms with E-state index in [1.165, 1.54) is 31.0 Å². The zero-order valence-corrected chi connectivity index (χ0v) is 39.7. The van der Waals surface area contributed by atoms with Crippen molar-refractivity contribution in [1.29, 1.82) is 0 Å². The number of hydrogen-bond acceptors (Lipinski definition) is 12. The molecule has 3 unspecified atom stereocenters. The normalized spacial score (nSPS) is 26.8. The third-order valence-corrected chi connectivity index (χ3v) is 14.9. The lowest BCUT2D eigenvalue weighted by atomic mass is 9.85. The van der Waals surface area contributed by atoms with E-state index in [2.05, 4.69) is 70.9 Å². The van der Waals surface area contributed by atoms with Crippen molar-refractivity contribution in [2.75, 3.05) is 32.1 Å². The Labute approximate surface area is 386 Å². The zero-order valence-electron chi connectivity index (χ0n) is 38.1. The molecule has 5 aliphatic rings. The number of aromatic nitrogens is 1. The van der Waals surface area contributed by atoms with Crippen molar-refractivity contribution < 1.29 is 42.0 Å². The van der Waals surface area contributed by atoms with Gasteiger partial charge in [-0.1, -0.05) is 87.7 Å². The number of allylic oxidation sites excluding steroid dienone is 2. The maximum atomic E-state index is 14.8. The quantitative estimate of drug-likeness (QED) is 0.110. The standard InChI is InChI=1S/C42H51N7O6S2.C3H8.C2H6O2.3H2/c1-25-36-34(55-35-21-20-29-30(17-13-19-33(29)49(25)35)39-44-32(26(2)56-39)22-27-14-9-8-10-15-27)24-48-37(36)38(50)45-42(41(52)46-57(53,54)47(3)4)23-28(42)16-11-6-5-7-12-18-31(43)40(48)51;1-3-2;1-2-4-3;;;/h8-11,13-17,19,21,25,28,31,34,36-37H,5-7,12,18,20,22-24,43H2,1-4H3,(H,45,50)(H,46,52);3H2,1-2H3;3H,2H2,1H3;3*1H/b16-11-;;;;;/t25?,28-,31+,34+,36?,37?,42-;;;;;/m1...../s1. The minimum atomic E-state index is -4.14. The van der Waals surface area contributed by atoms with E-state index in [4.69, 9.17) is 20.7 Å². The van der Waals surface area contributed by atoms with E-state index in [9.17, 15) is 22.8 Å². The van der Waals surface area contributed by atoms with E-state index < -0.39 is 57.6 Å². The Morgan fingerprint density at radius 2 is 1.84 bits per heavy atom. The first-order valence-electron chi connectivity index (χ1n) is 22.5. The Morgan fingerprint density at radius 3 is 2.53 bits per heavy atom. The highest BCUT2D eigenvalue weighted by Gasteiger charge is 2.63. The van der Waals surface area contributed by atoms with Crippen molar-refractivity contribution >= 4 is 45.0 Å². The highest BCUT2D eigenvalue weighted by molar-refractivity contribution is 7.87. The fourth-order valence-corrected chi connectivity index (χ4v) is 10.6. The molecule has 0 spiro atoms. The summed E-state index contributed by atoms with van der Waals surface area (Å²) in [7, 11) is -1.49. The van der Waals surface area contributed by atoms with Gasteiger partial charge in [-0.2, -0.15) is 12.7 Å². The second kappa shape index (κ2) is 21.1. The second-order valence-corrected chi connectivity index (χ2v) is 20.4. The van der Waals surface area contributed by atoms with Crippen LogP contribution in [0.25, 0.3) is 10.6 Å². The van der Waals surface area contributed by atoms with Gasteiger partial charge in [0.05, 0.1) is 24.9 Å². The lowest BCUT2D eigenvalue weighted by Gasteiger charge is -2.47. The number of thiazole rings is 1. The van der Waals surface area contributed by atoms with Gasteiger partial charge in [0.15, 0.2) is 5.88 Å². The topological polar surface area (TPSA) is 197 Å². The number of ether oxygens (including phenoxy) is 1. The van der Waals surface area contributed by atoms with Gasteiger partial charge < -0.3 is 25.6 Å². The van der Waals surface area contributed by atoms with Crippen molar-refractivity contribution in [3.05, 3.63) is 94.3 Å². The monoisotopic (exact) mass is 925 g/mol. The molecule has 64 heavy (non-hydrogen) atoms. The number of benzene rings is 2. The van der Waals surface area contributed by atoms with Crippen LogP contribution in [0.4, 0.5) is 5.69 Å². The second-order valence-electron chi connectivity index (χ2n) is 17.3. The van der Waals surface area contributed by atoms with Crippen LogP contribution >= 0.6 is 11.3 Å². The third kappa shape index (κ3) is 10.4. The minimum absolute atomic E-state index is 0. The highest BCUT2D eigenvalue weighted by Crippen LogP contribution is 2.49. The predicted octanol–water partition coefficient (Wildman–Crippen LogP) is 6.82. The van der Waals surface area contributed by atoms with Gasteiger partial charge in [0.1, 0.15) is 22.7 Å². The van der Waals surface area contributed by atoms with Gasteiger partial charge in [-0.05, 0) is 76.1 Å². The molecule has 5 heterocycles. The smallest absolute Gasteiger partial charge is 0.303 e. The molecular weight excluding hydrogens is 855 g/mol. The van der Waals surface area contributed by atoms with Crippen LogP contribution in [0.15, 0.2) is 72.6 Å². The molecule has 354 valence electrons. The van der Waals surface area contributed by atoms with Crippen LogP contribution in [-0.4, -0.2) is 103 Å². The maximum Gasteiger partial charge on any atom is 0.303 e. The van der Waals surface area contributed by atoms with Crippen LogP contribution < -0.4 is 20.7 Å². The first-order valence-corrected chi connectivity index (χ1v) is 24.7. The average Bonchev–Trinajstić information content (AvgIpc) is 3.63. The summed E-state index contributed by atoms with van der Waals surface area (Å²) in [4.78, 5) is 56.4. The lowest BCUT2D eigenvalue weighted by molar-refractivity contribution is -0.237. The number of carbonyl (C=O) groups excluding carboxylic acids is 3. The van der Waals surface area contributed by atoms with Gasteiger partial charge in [0, 0.05) is 58.8 Å². The molecule has 0 bridgehead atoms. The molecule has 17 heteroatoms. The predicted molar refractivity (Wildman–Crippen MR) is 256 cm³/mol. The Hall–Kier alpha value is -4.65. The van der Waals surface area contributed by atoms with Crippen LogP contribution in [0.2, 0.25) is 0 Å². The summed E-state index contributed by atoms with van der Waals surface area (Å²) in [6.45, 7) is 10.6. The fraction of sp³-hybridized carbons (Fsp3) is 0.532. The molecular formula is C47H71N7O8S2. The summed E-state index contributed by atoms with van der Waals surface area (Å²) in [6.07, 6.45) is 12.0. The van der Waals surface area contributed by atoms with Crippen LogP contribution in [0.3, 0.4) is 0 Å². The molecule has 7 atom stereocenters. The van der Waals surface area contributed by atoms with Crippen LogP contribution in [-0.2, 0) is 47.1 Å². The fourth-order valence-electron chi connectivity index (χ4n) is 9.02. The number of carbonyl (C=O) groups is 3. The van der Waals surface area contributed by atoms with E-state index >= 15 is 0 Å². The van der Waals surface area contributed by atoms with Crippen molar-refractivity contribution in [3.8, 4) is 10.6 Å². The molecule has 3 amide bonds. The zero-order chi connectivity index (χ0) is 46.3. The maximum absolute atomic E-state index is 14.8. The molecule has 5 N–H and O–H groups in total. The van der Waals surface area contributed by atoms with Crippen molar-refractivity contribution in [2.45, 2.75) is 122 Å². The van der Waals surface area contributed by atoms with E-state index in [-0.39, 0.29) is 29.2 Å². The average molecular weight is 926 g/mol. The molecule has 1 saturated carbocycles. The molecule has 4 aliphatic heterocycles. The number of rotatable bonds is 7. The van der Waals surface area contributed by atoms with E-state index in [1.54, 1.807) is 23.2 Å². The van der Waals surface area contributed by atoms with E-state index in [0.29, 0.717) is 25.3 Å². The van der Waals surface area contributed by atoms with E-state index in [1.807, 2.05) is 43.3 Å². The molecule has 1 aliphatic carbocycles. The van der Waals surface area contributed by atoms with Crippen molar-refractivity contribution in [3.63, 3.8) is 0 Å². The number of amides is 3. The largest absolute Gasteiger partial charge is 0.473 e. The molecule has 3 aromatic rings. The SMILES string of the molecule is CCC.CCOO.Cc1sc(-c2cccc3c2CC=C2O[C@H]4CN5C(=O)[C@@H](N)CCCCC/C=C\[C@@H]6C[C@@]6(C(=O)NS(=O)(=O)N(C)C)NC(=O)C5C4C(C)N23)nc1Cc1ccccc1.[HH].[HH].[HH]. The summed E-state index contributed by atoms with van der Waals surface area (Å²) in [5.41, 5.74) is 10.4. The Morgan fingerprint density at radius 1 is 1.12 bits per heavy atom. The third-order valence-electron chi connectivity index (χ3n) is 12.4. The number of hydrogen-bond donors (Lipinski definition) is 4. The molecule has 8 rings (SSSR count). The Balaban J connectivity index is 0.00000112. The van der Waals surface area contributed by atoms with Crippen LogP contribution in [0, 0.1) is 18.8 Å². The molecule has 2 saturated heterocycles. The minimum Gasteiger partial charge on any atom is -0.473 e. The lowest BCUT2D eigenvalue weighted by Crippen LogP contribution is -2.61. The number of nitrogens with two attached hydrogens (primary N) is 1. The number of anilines is 1. The first kappa shape index (κ1) is 48.8. The van der Waals surface area contributed by atoms with Gasteiger partial charge >= 0.3 is 10.2 Å². The van der Waals surface area contributed by atoms with Crippen LogP contribution in [0.5, 0.6) is 0 Å². The first-order chi connectivity index (χ1) is 30.6. The number of nitrogens with zero attached hydrogens (tertiary/aromatic N) is 4. The number of nitrogens with one attached hydrogen (secondary N) is 2. The molecule has 3 fully saturated rings.